The van der Waals surface area contributed by atoms with Crippen molar-refractivity contribution >= 4 is 19.9 Å². The van der Waals surface area contributed by atoms with Crippen molar-refractivity contribution in [3.05, 3.63) is 47.2 Å². The van der Waals surface area contributed by atoms with Crippen molar-refractivity contribution in [2.75, 3.05) is 7.11 Å². The summed E-state index contributed by atoms with van der Waals surface area (Å²) in [5.41, 5.74) is 6.30. The lowest BCUT2D eigenvalue weighted by atomic mass is 10.0. The average Bonchev–Trinajstić information content (AvgIpc) is 2.98. The third-order valence-corrected chi connectivity index (χ3v) is 12.4. The zero-order valence-electron chi connectivity index (χ0n) is 19.8. The van der Waals surface area contributed by atoms with Crippen molar-refractivity contribution in [1.29, 1.82) is 0 Å². The highest BCUT2D eigenvalue weighted by atomic mass is 28.3. The second-order valence-electron chi connectivity index (χ2n) is 9.32. The van der Waals surface area contributed by atoms with Gasteiger partial charge in [0.05, 0.1) is 12.7 Å². The van der Waals surface area contributed by atoms with Crippen LogP contribution in [0, 0.1) is 11.5 Å². The van der Waals surface area contributed by atoms with E-state index in [4.69, 9.17) is 14.5 Å². The first kappa shape index (κ1) is 24.0. The third kappa shape index (κ3) is 4.70. The predicted octanol–water partition coefficient (Wildman–Crippen LogP) is 6.13. The topological polar surface area (TPSA) is 47.9 Å². The molecule has 1 aromatic rings. The van der Waals surface area contributed by atoms with E-state index in [1.165, 1.54) is 7.11 Å². The van der Waals surface area contributed by atoms with Crippen LogP contribution in [0.15, 0.2) is 41.1 Å². The monoisotopic (exact) mass is 425 g/mol. The molecule has 0 spiro atoms. The Morgan fingerprint density at radius 1 is 1.07 bits per heavy atom. The molecule has 30 heavy (non-hydrogen) atoms. The normalized spacial score (nSPS) is 17.1. The molecule has 0 aromatic heterocycles. The van der Waals surface area contributed by atoms with E-state index < -0.39 is 13.6 Å². The summed E-state index contributed by atoms with van der Waals surface area (Å²) in [4.78, 5) is 16.4. The van der Waals surface area contributed by atoms with Crippen LogP contribution < -0.4 is 0 Å². The maximum Gasteiger partial charge on any atom is 0.337 e. The molecule has 0 amide bonds. The van der Waals surface area contributed by atoms with E-state index in [1.54, 1.807) is 12.1 Å². The maximum absolute atomic E-state index is 11.6. The second kappa shape index (κ2) is 9.22. The number of carbonyl (C=O) groups is 1. The Bertz CT molecular complexity index is 875. The standard InChI is InChI=1S/C25H35NO3Si/c1-17(2)30(18(3)4,19(5)6)16-10-11-22-25(7,8)26-23(29-22)20-12-14-21(15-13-20)24(27)28-9/h11-15,17-19H,1-9H3/b22-11+. The van der Waals surface area contributed by atoms with Crippen LogP contribution in [0.25, 0.3) is 0 Å². The number of esters is 1. The van der Waals surface area contributed by atoms with E-state index >= 15 is 0 Å². The number of hydrogen-bond acceptors (Lipinski definition) is 4. The highest BCUT2D eigenvalue weighted by molar-refractivity contribution is 6.90. The number of hydrogen-bond donors (Lipinski definition) is 0. The maximum atomic E-state index is 11.6. The summed E-state index contributed by atoms with van der Waals surface area (Å²) in [6.45, 7) is 17.9. The number of allylic oxidation sites excluding steroid dienone is 1. The van der Waals surface area contributed by atoms with Gasteiger partial charge >= 0.3 is 5.97 Å². The summed E-state index contributed by atoms with van der Waals surface area (Å²) in [5, 5.41) is 0. The van der Waals surface area contributed by atoms with Crippen molar-refractivity contribution < 1.29 is 14.3 Å². The lowest BCUT2D eigenvalue weighted by Crippen LogP contribution is -2.43. The van der Waals surface area contributed by atoms with E-state index in [0.717, 1.165) is 11.3 Å². The highest BCUT2D eigenvalue weighted by Gasteiger charge is 2.41. The zero-order valence-corrected chi connectivity index (χ0v) is 20.8. The van der Waals surface area contributed by atoms with Gasteiger partial charge < -0.3 is 9.47 Å². The molecule has 0 unspecified atom stereocenters. The number of rotatable bonds is 5. The van der Waals surface area contributed by atoms with Crippen molar-refractivity contribution in [2.45, 2.75) is 77.6 Å². The molecule has 0 saturated carbocycles. The molecular formula is C25H35NO3Si. The predicted molar refractivity (Wildman–Crippen MR) is 126 cm³/mol. The van der Waals surface area contributed by atoms with Crippen molar-refractivity contribution in [1.82, 2.24) is 0 Å². The quantitative estimate of drug-likeness (QED) is 0.324. The van der Waals surface area contributed by atoms with Gasteiger partial charge in [-0.25, -0.2) is 9.79 Å². The number of benzene rings is 1. The van der Waals surface area contributed by atoms with Crippen LogP contribution in [-0.4, -0.2) is 32.6 Å². The van der Waals surface area contributed by atoms with Crippen LogP contribution in [0.3, 0.4) is 0 Å². The fraction of sp³-hybridized carbons (Fsp3) is 0.520. The molecule has 4 nitrogen and oxygen atoms in total. The minimum atomic E-state index is -1.79. The van der Waals surface area contributed by atoms with Gasteiger partial charge in [0.2, 0.25) is 5.90 Å². The average molecular weight is 426 g/mol. The van der Waals surface area contributed by atoms with Crippen molar-refractivity contribution in [3.63, 3.8) is 0 Å². The summed E-state index contributed by atoms with van der Waals surface area (Å²) >= 11 is 0. The number of aliphatic imine (C=N–C) groups is 1. The van der Waals surface area contributed by atoms with Gasteiger partial charge in [0, 0.05) is 11.6 Å². The second-order valence-corrected chi connectivity index (χ2v) is 14.9. The van der Waals surface area contributed by atoms with Crippen LogP contribution in [0.4, 0.5) is 0 Å². The first-order valence-electron chi connectivity index (χ1n) is 10.7. The van der Waals surface area contributed by atoms with Gasteiger partial charge in [-0.15, -0.1) is 5.54 Å². The molecule has 0 atom stereocenters. The molecule has 0 saturated heterocycles. The largest absolute Gasteiger partial charge is 0.465 e. The minimum absolute atomic E-state index is 0.361. The summed E-state index contributed by atoms with van der Waals surface area (Å²) < 4.78 is 10.8. The van der Waals surface area contributed by atoms with Gasteiger partial charge in [0.1, 0.15) is 19.4 Å². The summed E-state index contributed by atoms with van der Waals surface area (Å²) in [7, 11) is -0.419. The number of methoxy groups -OCH3 is 1. The van der Waals surface area contributed by atoms with Gasteiger partial charge in [0.25, 0.3) is 0 Å². The molecule has 1 aromatic carbocycles. The smallest absolute Gasteiger partial charge is 0.337 e. The highest BCUT2D eigenvalue weighted by Crippen LogP contribution is 2.40. The van der Waals surface area contributed by atoms with Crippen molar-refractivity contribution in [2.24, 2.45) is 4.99 Å². The van der Waals surface area contributed by atoms with Crippen LogP contribution >= 0.6 is 0 Å². The van der Waals surface area contributed by atoms with Crippen LogP contribution in [0.5, 0.6) is 0 Å². The van der Waals surface area contributed by atoms with Gasteiger partial charge in [-0.1, -0.05) is 47.5 Å². The number of ether oxygens (including phenoxy) is 2. The SMILES string of the molecule is COC(=O)c1ccc(C2=NC(C)(C)/C(=C\C#C[Si](C(C)C)(C(C)C)C(C)C)O2)cc1. The Balaban J connectivity index is 2.31. The lowest BCUT2D eigenvalue weighted by Gasteiger charge is -2.38. The van der Waals surface area contributed by atoms with E-state index in [1.807, 2.05) is 32.1 Å². The summed E-state index contributed by atoms with van der Waals surface area (Å²) in [6.07, 6.45) is 1.90. The van der Waals surface area contributed by atoms with Crippen LogP contribution in [-0.2, 0) is 9.47 Å². The summed E-state index contributed by atoms with van der Waals surface area (Å²) in [6, 6.07) is 7.08. The summed E-state index contributed by atoms with van der Waals surface area (Å²) in [5.74, 6) is 4.30. The van der Waals surface area contributed by atoms with Crippen LogP contribution in [0.1, 0.15) is 71.3 Å². The van der Waals surface area contributed by atoms with E-state index in [9.17, 15) is 4.79 Å². The molecule has 1 aliphatic rings. The Kier molecular flexibility index (Phi) is 7.36. The lowest BCUT2D eigenvalue weighted by molar-refractivity contribution is 0.0600. The first-order valence-corrected chi connectivity index (χ1v) is 12.9. The van der Waals surface area contributed by atoms with E-state index in [0.29, 0.717) is 28.1 Å². The molecule has 0 aliphatic carbocycles. The molecule has 1 aliphatic heterocycles. The van der Waals surface area contributed by atoms with E-state index in [2.05, 4.69) is 53.0 Å². The molecule has 2 rings (SSSR count). The molecular weight excluding hydrogens is 390 g/mol. The fourth-order valence-electron chi connectivity index (χ4n) is 4.42. The van der Waals surface area contributed by atoms with Gasteiger partial charge in [-0.05, 0) is 54.7 Å². The molecule has 5 heteroatoms. The van der Waals surface area contributed by atoms with Gasteiger partial charge in [-0.2, -0.15) is 0 Å². The number of carbonyl (C=O) groups excluding carboxylic acids is 1. The Morgan fingerprint density at radius 3 is 2.07 bits per heavy atom. The molecule has 1 heterocycles. The van der Waals surface area contributed by atoms with E-state index in [-0.39, 0.29) is 5.97 Å². The first-order chi connectivity index (χ1) is 14.0. The molecule has 162 valence electrons. The fourth-order valence-corrected chi connectivity index (χ4v) is 9.60. The Hall–Kier alpha value is -2.32. The Labute approximate surface area is 182 Å². The third-order valence-electron chi connectivity index (χ3n) is 6.10. The molecule has 0 fully saturated rings. The minimum Gasteiger partial charge on any atom is -0.465 e. The number of nitrogens with zero attached hydrogens (tertiary/aromatic N) is 1. The van der Waals surface area contributed by atoms with Crippen molar-refractivity contribution in [3.8, 4) is 11.5 Å². The molecule has 0 bridgehead atoms. The zero-order chi connectivity index (χ0) is 22.7. The molecule has 0 radical (unpaired) electrons. The van der Waals surface area contributed by atoms with Gasteiger partial charge in [-0.3, -0.25) is 0 Å². The van der Waals surface area contributed by atoms with Gasteiger partial charge in [0.15, 0.2) is 0 Å². The Morgan fingerprint density at radius 2 is 1.60 bits per heavy atom. The molecule has 0 N–H and O–H groups in total. The van der Waals surface area contributed by atoms with Crippen LogP contribution in [0.2, 0.25) is 16.6 Å².